The van der Waals surface area contributed by atoms with Gasteiger partial charge in [0, 0.05) is 12.1 Å². The number of hydrogen-bond acceptors (Lipinski definition) is 2. The fourth-order valence-corrected chi connectivity index (χ4v) is 1.42. The van der Waals surface area contributed by atoms with Gasteiger partial charge in [0.2, 0.25) is 0 Å². The molecular weight excluding hydrogens is 112 g/mol. The molecule has 1 rings (SSSR count). The van der Waals surface area contributed by atoms with Crippen LogP contribution in [0.15, 0.2) is 0 Å². The summed E-state index contributed by atoms with van der Waals surface area (Å²) in [5, 5.41) is 0. The topological polar surface area (TPSA) is 29.3 Å². The highest BCUT2D eigenvalue weighted by molar-refractivity contribution is 4.94. The van der Waals surface area contributed by atoms with Gasteiger partial charge in [0.1, 0.15) is 0 Å². The second kappa shape index (κ2) is 2.27. The van der Waals surface area contributed by atoms with Crippen molar-refractivity contribution in [2.75, 3.05) is 20.6 Å². The SMILES string of the molecule is CN(C)CC1(N)CCC1. The van der Waals surface area contributed by atoms with Crippen LogP contribution in [0, 0.1) is 0 Å². The average Bonchev–Trinajstić information content (AvgIpc) is 1.60. The first-order valence-electron chi connectivity index (χ1n) is 3.56. The number of hydrogen-bond donors (Lipinski definition) is 1. The zero-order chi connectivity index (χ0) is 6.91. The molecular formula is C7H16N2. The van der Waals surface area contributed by atoms with Gasteiger partial charge < -0.3 is 10.6 Å². The van der Waals surface area contributed by atoms with Gasteiger partial charge in [0.15, 0.2) is 0 Å². The van der Waals surface area contributed by atoms with Gasteiger partial charge in [-0.1, -0.05) is 0 Å². The number of rotatable bonds is 2. The molecule has 1 saturated carbocycles. The monoisotopic (exact) mass is 128 g/mol. The van der Waals surface area contributed by atoms with E-state index in [9.17, 15) is 0 Å². The maximum absolute atomic E-state index is 5.96. The van der Waals surface area contributed by atoms with Crippen molar-refractivity contribution in [1.29, 1.82) is 0 Å². The molecule has 54 valence electrons. The lowest BCUT2D eigenvalue weighted by atomic mass is 9.77. The normalized spacial score (nSPS) is 24.0. The molecule has 2 heteroatoms. The van der Waals surface area contributed by atoms with E-state index < -0.39 is 0 Å². The molecule has 2 nitrogen and oxygen atoms in total. The van der Waals surface area contributed by atoms with Crippen molar-refractivity contribution in [2.24, 2.45) is 5.73 Å². The molecule has 0 atom stereocenters. The van der Waals surface area contributed by atoms with Gasteiger partial charge in [-0.25, -0.2) is 0 Å². The number of likely N-dealkylation sites (N-methyl/N-ethyl adjacent to an activating group) is 1. The van der Waals surface area contributed by atoms with Crippen molar-refractivity contribution in [1.82, 2.24) is 4.90 Å². The molecule has 1 aliphatic rings. The lowest BCUT2D eigenvalue weighted by Crippen LogP contribution is -2.53. The van der Waals surface area contributed by atoms with Gasteiger partial charge in [-0.2, -0.15) is 0 Å². The highest BCUT2D eigenvalue weighted by Gasteiger charge is 2.32. The summed E-state index contributed by atoms with van der Waals surface area (Å²) in [5.74, 6) is 0. The molecule has 0 amide bonds. The molecule has 0 bridgehead atoms. The summed E-state index contributed by atoms with van der Waals surface area (Å²) in [5.41, 5.74) is 6.13. The molecule has 2 N–H and O–H groups in total. The van der Waals surface area contributed by atoms with E-state index in [0.717, 1.165) is 6.54 Å². The summed E-state index contributed by atoms with van der Waals surface area (Å²) in [6, 6.07) is 0. The molecule has 0 aliphatic heterocycles. The van der Waals surface area contributed by atoms with E-state index in [2.05, 4.69) is 19.0 Å². The largest absolute Gasteiger partial charge is 0.324 e. The lowest BCUT2D eigenvalue weighted by Gasteiger charge is -2.40. The van der Waals surface area contributed by atoms with Crippen LogP contribution in [0.3, 0.4) is 0 Å². The second-order valence-electron chi connectivity index (χ2n) is 3.45. The first-order valence-corrected chi connectivity index (χ1v) is 3.56. The Balaban J connectivity index is 2.24. The molecule has 0 aromatic heterocycles. The molecule has 0 spiro atoms. The van der Waals surface area contributed by atoms with Crippen LogP contribution in [0.25, 0.3) is 0 Å². The van der Waals surface area contributed by atoms with Crippen molar-refractivity contribution < 1.29 is 0 Å². The lowest BCUT2D eigenvalue weighted by molar-refractivity contribution is 0.183. The van der Waals surface area contributed by atoms with E-state index >= 15 is 0 Å². The first-order chi connectivity index (χ1) is 4.12. The van der Waals surface area contributed by atoms with E-state index in [1.165, 1.54) is 19.3 Å². The maximum atomic E-state index is 5.96. The summed E-state index contributed by atoms with van der Waals surface area (Å²) in [7, 11) is 4.15. The van der Waals surface area contributed by atoms with Crippen LogP contribution < -0.4 is 5.73 Å². The fraction of sp³-hybridized carbons (Fsp3) is 1.00. The van der Waals surface area contributed by atoms with Crippen molar-refractivity contribution >= 4 is 0 Å². The average molecular weight is 128 g/mol. The zero-order valence-corrected chi connectivity index (χ0v) is 6.35. The predicted octanol–water partition coefficient (Wildman–Crippen LogP) is 0.429. The Morgan fingerprint density at radius 3 is 2.11 bits per heavy atom. The zero-order valence-electron chi connectivity index (χ0n) is 6.35. The van der Waals surface area contributed by atoms with Crippen LogP contribution in [0.2, 0.25) is 0 Å². The minimum absolute atomic E-state index is 0.170. The van der Waals surface area contributed by atoms with E-state index in [0.29, 0.717) is 0 Å². The van der Waals surface area contributed by atoms with Crippen LogP contribution in [0.5, 0.6) is 0 Å². The van der Waals surface area contributed by atoms with Gasteiger partial charge in [0.05, 0.1) is 0 Å². The molecule has 0 unspecified atom stereocenters. The molecule has 1 aliphatic carbocycles. The summed E-state index contributed by atoms with van der Waals surface area (Å²) in [4.78, 5) is 2.17. The minimum Gasteiger partial charge on any atom is -0.324 e. The molecule has 0 aromatic rings. The van der Waals surface area contributed by atoms with E-state index in [1.54, 1.807) is 0 Å². The summed E-state index contributed by atoms with van der Waals surface area (Å²) in [6.45, 7) is 1.05. The molecule has 0 saturated heterocycles. The van der Waals surface area contributed by atoms with Crippen molar-refractivity contribution in [2.45, 2.75) is 24.8 Å². The summed E-state index contributed by atoms with van der Waals surface area (Å²) in [6.07, 6.45) is 3.75. The van der Waals surface area contributed by atoms with Crippen molar-refractivity contribution in [3.63, 3.8) is 0 Å². The third-order valence-corrected chi connectivity index (χ3v) is 1.98. The number of nitrogens with zero attached hydrogens (tertiary/aromatic N) is 1. The number of nitrogens with two attached hydrogens (primary N) is 1. The highest BCUT2D eigenvalue weighted by atomic mass is 15.1. The van der Waals surface area contributed by atoms with Crippen molar-refractivity contribution in [3.8, 4) is 0 Å². The van der Waals surface area contributed by atoms with Crippen LogP contribution in [0.4, 0.5) is 0 Å². The van der Waals surface area contributed by atoms with E-state index in [-0.39, 0.29) is 5.54 Å². The molecule has 0 heterocycles. The van der Waals surface area contributed by atoms with E-state index in [1.807, 2.05) is 0 Å². The van der Waals surface area contributed by atoms with Crippen LogP contribution in [-0.2, 0) is 0 Å². The van der Waals surface area contributed by atoms with Crippen molar-refractivity contribution in [3.05, 3.63) is 0 Å². The molecule has 1 fully saturated rings. The van der Waals surface area contributed by atoms with E-state index in [4.69, 9.17) is 5.73 Å². The van der Waals surface area contributed by atoms with Crippen LogP contribution >= 0.6 is 0 Å². The Labute approximate surface area is 57.0 Å². The Morgan fingerprint density at radius 2 is 2.00 bits per heavy atom. The molecule has 9 heavy (non-hydrogen) atoms. The smallest absolute Gasteiger partial charge is 0.0283 e. The third-order valence-electron chi connectivity index (χ3n) is 1.98. The minimum atomic E-state index is 0.170. The first kappa shape index (κ1) is 7.03. The second-order valence-corrected chi connectivity index (χ2v) is 3.45. The summed E-state index contributed by atoms with van der Waals surface area (Å²) < 4.78 is 0. The Morgan fingerprint density at radius 1 is 1.44 bits per heavy atom. The molecule has 0 aromatic carbocycles. The Bertz CT molecular complexity index is 95.1. The van der Waals surface area contributed by atoms with Gasteiger partial charge in [-0.3, -0.25) is 0 Å². The quantitative estimate of drug-likeness (QED) is 0.584. The van der Waals surface area contributed by atoms with Gasteiger partial charge in [-0.05, 0) is 33.4 Å². The Hall–Kier alpha value is -0.0800. The third kappa shape index (κ3) is 1.66. The Kier molecular flexibility index (Phi) is 1.78. The van der Waals surface area contributed by atoms with Gasteiger partial charge >= 0.3 is 0 Å². The van der Waals surface area contributed by atoms with Crippen LogP contribution in [0.1, 0.15) is 19.3 Å². The standard InChI is InChI=1S/C7H16N2/c1-9(2)6-7(8)4-3-5-7/h3-6,8H2,1-2H3. The predicted molar refractivity (Wildman–Crippen MR) is 39.3 cm³/mol. The summed E-state index contributed by atoms with van der Waals surface area (Å²) >= 11 is 0. The molecule has 0 radical (unpaired) electrons. The van der Waals surface area contributed by atoms with Gasteiger partial charge in [0.25, 0.3) is 0 Å². The van der Waals surface area contributed by atoms with Gasteiger partial charge in [-0.15, -0.1) is 0 Å². The highest BCUT2D eigenvalue weighted by Crippen LogP contribution is 2.28. The maximum Gasteiger partial charge on any atom is 0.0283 e. The fourth-order valence-electron chi connectivity index (χ4n) is 1.42. The van der Waals surface area contributed by atoms with Crippen LogP contribution in [-0.4, -0.2) is 31.1 Å².